The molecular formula is C33H32F2N6O4S2. The maximum absolute atomic E-state index is 16.2. The number of halogens is 2. The van der Waals surface area contributed by atoms with Crippen molar-refractivity contribution in [3.05, 3.63) is 76.7 Å². The van der Waals surface area contributed by atoms with Gasteiger partial charge in [-0.05, 0) is 48.7 Å². The van der Waals surface area contributed by atoms with Crippen LogP contribution in [-0.4, -0.2) is 70.8 Å². The van der Waals surface area contributed by atoms with Crippen LogP contribution in [0.3, 0.4) is 0 Å². The van der Waals surface area contributed by atoms with Gasteiger partial charge in [0, 0.05) is 37.5 Å². The van der Waals surface area contributed by atoms with Crippen LogP contribution in [-0.2, 0) is 14.6 Å². The number of pyridine rings is 3. The van der Waals surface area contributed by atoms with Crippen molar-refractivity contribution in [3.63, 3.8) is 0 Å². The van der Waals surface area contributed by atoms with E-state index in [9.17, 15) is 23.6 Å². The van der Waals surface area contributed by atoms with Crippen LogP contribution in [0.15, 0.2) is 54.1 Å². The second-order valence-corrected chi connectivity index (χ2v) is 14.0. The molecule has 47 heavy (non-hydrogen) atoms. The first-order valence-corrected chi connectivity index (χ1v) is 17.0. The number of phenols is 1. The van der Waals surface area contributed by atoms with Crippen LogP contribution in [0.4, 0.5) is 14.5 Å². The summed E-state index contributed by atoms with van der Waals surface area (Å²) in [6.07, 6.45) is 3.69. The van der Waals surface area contributed by atoms with E-state index in [4.69, 9.17) is 12.2 Å². The number of hydrogen-bond acceptors (Lipinski definition) is 9. The van der Waals surface area contributed by atoms with Gasteiger partial charge in [0.05, 0.1) is 41.2 Å². The number of fused-ring (bicyclic) bond motifs is 1. The quantitative estimate of drug-likeness (QED) is 0.192. The molecule has 4 aromatic rings. The number of aryl methyl sites for hydroxylation is 1. The normalized spacial score (nSPS) is 15.2. The van der Waals surface area contributed by atoms with Gasteiger partial charge >= 0.3 is 0 Å². The van der Waals surface area contributed by atoms with Gasteiger partial charge in [0.25, 0.3) is 0 Å². The maximum atomic E-state index is 16.2. The number of rotatable bonds is 7. The first kappa shape index (κ1) is 33.6. The van der Waals surface area contributed by atoms with E-state index in [0.29, 0.717) is 16.9 Å². The Morgan fingerprint density at radius 2 is 1.96 bits per heavy atom. The Morgan fingerprint density at radius 1 is 1.23 bits per heavy atom. The van der Waals surface area contributed by atoms with Crippen molar-refractivity contribution in [1.29, 1.82) is 5.26 Å². The van der Waals surface area contributed by atoms with Gasteiger partial charge in [-0.1, -0.05) is 38.7 Å². The van der Waals surface area contributed by atoms with Crippen molar-refractivity contribution in [2.75, 3.05) is 30.8 Å². The number of aromatic hydroxyl groups is 1. The molecule has 1 saturated heterocycles. The number of carbonyl (C=O) groups excluding carboxylic acids is 1. The lowest BCUT2D eigenvalue weighted by Gasteiger charge is -2.42. The highest BCUT2D eigenvalue weighted by atomic mass is 32.2. The average Bonchev–Trinajstić information content (AvgIpc) is 3.00. The lowest BCUT2D eigenvalue weighted by Crippen LogP contribution is -2.55. The fourth-order valence-electron chi connectivity index (χ4n) is 6.05. The van der Waals surface area contributed by atoms with Crippen molar-refractivity contribution >= 4 is 44.7 Å². The maximum Gasteiger partial charge on any atom is 0.246 e. The number of phenolic OH excluding ortho intramolecular Hbond substituents is 1. The smallest absolute Gasteiger partial charge is 0.246 e. The molecule has 3 aromatic heterocycles. The first-order valence-electron chi connectivity index (χ1n) is 14.7. The van der Waals surface area contributed by atoms with Gasteiger partial charge in [-0.3, -0.25) is 14.3 Å². The number of amides is 1. The molecule has 1 aliphatic rings. The molecule has 0 spiro atoms. The number of carbonyl (C=O) groups is 1. The van der Waals surface area contributed by atoms with E-state index >= 15 is 8.78 Å². The van der Waals surface area contributed by atoms with Crippen LogP contribution < -0.4 is 4.90 Å². The largest absolute Gasteiger partial charge is 0.507 e. The third-order valence-electron chi connectivity index (χ3n) is 8.14. The number of aromatic nitrogens is 3. The number of benzene rings is 1. The molecule has 5 rings (SSSR count). The fraction of sp³-hybridized carbons (Fsp3) is 0.303. The Hall–Kier alpha value is -4.74. The van der Waals surface area contributed by atoms with E-state index < -0.39 is 44.5 Å². The number of hydrogen-bond donors (Lipinski definition) is 1. The highest BCUT2D eigenvalue weighted by Crippen LogP contribution is 2.42. The zero-order valence-corrected chi connectivity index (χ0v) is 27.8. The van der Waals surface area contributed by atoms with Crippen molar-refractivity contribution in [1.82, 2.24) is 19.4 Å². The molecule has 14 heteroatoms. The van der Waals surface area contributed by atoms with Crippen LogP contribution in [0.5, 0.6) is 5.75 Å². The monoisotopic (exact) mass is 678 g/mol. The molecule has 1 aliphatic heterocycles. The molecule has 1 atom stereocenters. The van der Waals surface area contributed by atoms with Crippen LogP contribution >= 0.6 is 12.2 Å². The molecule has 0 radical (unpaired) electrons. The molecule has 0 aliphatic carbocycles. The topological polar surface area (TPSA) is 132 Å². The minimum Gasteiger partial charge on any atom is -0.507 e. The van der Waals surface area contributed by atoms with Crippen molar-refractivity contribution < 1.29 is 27.1 Å². The zero-order chi connectivity index (χ0) is 34.4. The minimum atomic E-state index is -4.13. The van der Waals surface area contributed by atoms with Gasteiger partial charge in [0.2, 0.25) is 5.91 Å². The highest BCUT2D eigenvalue weighted by molar-refractivity contribution is 7.91. The highest BCUT2D eigenvalue weighted by Gasteiger charge is 2.35. The second kappa shape index (κ2) is 12.8. The average molecular weight is 679 g/mol. The summed E-state index contributed by atoms with van der Waals surface area (Å²) in [7, 11) is -4.13. The molecule has 0 bridgehead atoms. The summed E-state index contributed by atoms with van der Waals surface area (Å²) in [6, 6.07) is 7.74. The van der Waals surface area contributed by atoms with Crippen LogP contribution in [0.2, 0.25) is 0 Å². The Labute approximate surface area is 276 Å². The van der Waals surface area contributed by atoms with Gasteiger partial charge < -0.3 is 14.9 Å². The van der Waals surface area contributed by atoms with Gasteiger partial charge in [-0.2, -0.15) is 5.26 Å². The fourth-order valence-corrected chi connectivity index (χ4v) is 7.78. The van der Waals surface area contributed by atoms with Gasteiger partial charge in [0.1, 0.15) is 32.4 Å². The van der Waals surface area contributed by atoms with Crippen LogP contribution in [0, 0.1) is 34.5 Å². The summed E-state index contributed by atoms with van der Waals surface area (Å²) in [6.45, 7) is 9.38. The summed E-state index contributed by atoms with van der Waals surface area (Å²) in [5, 5.41) is 20.2. The second-order valence-electron chi connectivity index (χ2n) is 11.6. The number of nitrogens with zero attached hydrogens (tertiary/aromatic N) is 6. The summed E-state index contributed by atoms with van der Waals surface area (Å²) in [4.78, 5) is 24.6. The molecule has 0 saturated carbocycles. The minimum absolute atomic E-state index is 0.00381. The Bertz CT molecular complexity index is 2140. The molecule has 244 valence electrons. The summed E-state index contributed by atoms with van der Waals surface area (Å²) < 4.78 is 60.0. The van der Waals surface area contributed by atoms with Gasteiger partial charge in [-0.25, -0.2) is 22.2 Å². The zero-order valence-electron chi connectivity index (χ0n) is 26.2. The molecular weight excluding hydrogens is 647 g/mol. The summed E-state index contributed by atoms with van der Waals surface area (Å²) in [5.41, 5.74) is 0.709. The van der Waals surface area contributed by atoms with E-state index in [1.807, 2.05) is 13.8 Å². The van der Waals surface area contributed by atoms with Crippen molar-refractivity contribution in [2.24, 2.45) is 0 Å². The summed E-state index contributed by atoms with van der Waals surface area (Å²) >= 11 is 5.96. The number of piperazine rings is 1. The number of anilines is 1. The molecule has 4 heterocycles. The lowest BCUT2D eigenvalue weighted by molar-refractivity contribution is -0.128. The standard InChI is InChI=1S/C33H32F2N6O4S2/c1-6-25(43)40-15-14-39(17-20(40)10-12-36)30-21-16-23(35)28(26-22(34)8-7-9-24(26)42)38-32(21)41(33(46)31(30)47(5,44)45)29-19(4)11-13-37-27(29)18(2)3/h6-9,11,13,16,18,20,42H,1,10,14-15,17H2,2-5H3/t20-/m0/s1. The van der Waals surface area contributed by atoms with Crippen LogP contribution in [0.25, 0.3) is 28.0 Å². The third kappa shape index (κ3) is 5.96. The Kier molecular flexibility index (Phi) is 9.16. The SMILES string of the molecule is C=CC(=O)N1CCN(c2c(S(C)(=O)=O)c(=S)n(-c3c(C)ccnc3C(C)C)c3nc(-c4c(O)cccc4F)c(F)cc23)C[C@@H]1CC#N. The lowest BCUT2D eigenvalue weighted by atomic mass is 10.0. The van der Waals surface area contributed by atoms with E-state index in [0.717, 1.165) is 24.5 Å². The molecule has 0 unspecified atom stereocenters. The van der Waals surface area contributed by atoms with Gasteiger partial charge in [-0.15, -0.1) is 0 Å². The molecule has 1 aromatic carbocycles. The predicted molar refractivity (Wildman–Crippen MR) is 177 cm³/mol. The third-order valence-corrected chi connectivity index (χ3v) is 9.79. The summed E-state index contributed by atoms with van der Waals surface area (Å²) in [5.74, 6) is -3.04. The van der Waals surface area contributed by atoms with Crippen LogP contribution in [0.1, 0.15) is 37.4 Å². The Morgan fingerprint density at radius 3 is 2.57 bits per heavy atom. The molecule has 10 nitrogen and oxygen atoms in total. The van der Waals surface area contributed by atoms with Gasteiger partial charge in [0.15, 0.2) is 15.7 Å². The first-order chi connectivity index (χ1) is 22.2. The van der Waals surface area contributed by atoms with Crippen molar-refractivity contribution in [2.45, 2.75) is 44.0 Å². The molecule has 1 N–H and O–H groups in total. The van der Waals surface area contributed by atoms with E-state index in [1.54, 1.807) is 24.1 Å². The molecule has 1 amide bonds. The Balaban J connectivity index is 1.97. The van der Waals surface area contributed by atoms with E-state index in [2.05, 4.69) is 22.6 Å². The van der Waals surface area contributed by atoms with E-state index in [1.165, 1.54) is 21.6 Å². The number of nitriles is 1. The van der Waals surface area contributed by atoms with E-state index in [-0.39, 0.29) is 64.1 Å². The molecule has 1 fully saturated rings. The van der Waals surface area contributed by atoms with Crippen molar-refractivity contribution in [3.8, 4) is 28.8 Å². The predicted octanol–water partition coefficient (Wildman–Crippen LogP) is 5.75. The number of sulfone groups is 1.